The lowest BCUT2D eigenvalue weighted by atomic mass is 9.53. The van der Waals surface area contributed by atoms with E-state index in [0.29, 0.717) is 17.8 Å². The van der Waals surface area contributed by atoms with Crippen LogP contribution in [-0.2, 0) is 25.7 Å². The number of benzene rings is 1. The molecule has 7 aliphatic rings. The summed E-state index contributed by atoms with van der Waals surface area (Å²) in [6.45, 7) is 5.39. The van der Waals surface area contributed by atoms with Crippen molar-refractivity contribution in [2.45, 2.75) is 75.8 Å². The Bertz CT molecular complexity index is 846. The number of ether oxygens (including phenoxy) is 3. The Labute approximate surface area is 209 Å². The van der Waals surface area contributed by atoms with E-state index in [1.807, 2.05) is 0 Å². The predicted molar refractivity (Wildman–Crippen MR) is 131 cm³/mol. The molecule has 4 bridgehead atoms. The van der Waals surface area contributed by atoms with Gasteiger partial charge in [0.2, 0.25) is 11.6 Å². The second kappa shape index (κ2) is 9.29. The van der Waals surface area contributed by atoms with Crippen LogP contribution in [0.2, 0.25) is 0 Å². The van der Waals surface area contributed by atoms with Gasteiger partial charge in [0.25, 0.3) is 0 Å². The molecule has 0 atom stereocenters. The number of hydrogen-bond acceptors (Lipinski definition) is 6. The lowest BCUT2D eigenvalue weighted by Crippen LogP contribution is -2.59. The lowest BCUT2D eigenvalue weighted by Gasteiger charge is -2.57. The third-order valence-corrected chi connectivity index (χ3v) is 10.0. The van der Waals surface area contributed by atoms with E-state index in [0.717, 1.165) is 89.1 Å². The first-order valence-electron chi connectivity index (χ1n) is 14.3. The average Bonchev–Trinajstić information content (AvgIpc) is 3.25. The molecule has 1 aromatic rings. The van der Waals surface area contributed by atoms with Gasteiger partial charge in [-0.25, -0.2) is 0 Å². The van der Waals surface area contributed by atoms with Crippen molar-refractivity contribution in [1.29, 1.82) is 0 Å². The molecule has 0 N–H and O–H groups in total. The summed E-state index contributed by atoms with van der Waals surface area (Å²) >= 11 is 0. The van der Waals surface area contributed by atoms with E-state index in [-0.39, 0.29) is 0 Å². The summed E-state index contributed by atoms with van der Waals surface area (Å²) in [5, 5.41) is 0. The minimum Gasteiger partial charge on any atom is -0.492 e. The summed E-state index contributed by atoms with van der Waals surface area (Å²) < 4.78 is 18.3. The molecule has 5 saturated carbocycles. The van der Waals surface area contributed by atoms with Crippen LogP contribution in [0.3, 0.4) is 0 Å². The monoisotopic (exact) mass is 483 g/mol. The molecule has 2 spiro atoms. The second-order valence-electron chi connectivity index (χ2n) is 12.3. The van der Waals surface area contributed by atoms with Crippen molar-refractivity contribution in [3.63, 3.8) is 0 Å². The van der Waals surface area contributed by atoms with E-state index in [2.05, 4.69) is 29.2 Å². The van der Waals surface area contributed by atoms with Gasteiger partial charge in [-0.2, -0.15) is 9.78 Å². The molecule has 2 saturated heterocycles. The van der Waals surface area contributed by atoms with Crippen LogP contribution in [0.1, 0.15) is 63.4 Å². The van der Waals surface area contributed by atoms with Gasteiger partial charge in [-0.15, -0.1) is 0 Å². The minimum absolute atomic E-state index is 0.433. The van der Waals surface area contributed by atoms with E-state index in [1.165, 1.54) is 37.7 Å². The van der Waals surface area contributed by atoms with Crippen molar-refractivity contribution < 1.29 is 24.0 Å². The van der Waals surface area contributed by atoms with Gasteiger partial charge in [0.15, 0.2) is 0 Å². The quantitative estimate of drug-likeness (QED) is 0.533. The maximum Gasteiger partial charge on any atom is 0.210 e. The van der Waals surface area contributed by atoms with Crippen molar-refractivity contribution >= 4 is 0 Å². The van der Waals surface area contributed by atoms with E-state index >= 15 is 0 Å². The van der Waals surface area contributed by atoms with Crippen LogP contribution >= 0.6 is 0 Å². The number of nitrogens with zero attached hydrogens (tertiary/aromatic N) is 1. The Morgan fingerprint density at radius 2 is 1.54 bits per heavy atom. The maximum absolute atomic E-state index is 6.88. The van der Waals surface area contributed by atoms with E-state index in [4.69, 9.17) is 24.0 Å². The first kappa shape index (κ1) is 23.0. The summed E-state index contributed by atoms with van der Waals surface area (Å²) in [6.07, 6.45) is 11.9. The van der Waals surface area contributed by atoms with Crippen LogP contribution < -0.4 is 4.74 Å². The van der Waals surface area contributed by atoms with Gasteiger partial charge in [0.1, 0.15) is 12.4 Å². The standard InChI is InChI=1S/C29H41NO5/c1-3-27(32-14-11-30-9-12-31-13-10-30)4-2-21(1)15-22-5-7-28(8-6-22)33-29(35-34-28)25-17-23-16-24(19-25)20-26(29)18-23/h1-4,22-26H,5-20H2. The topological polar surface area (TPSA) is 49.4 Å². The van der Waals surface area contributed by atoms with E-state index < -0.39 is 11.6 Å². The lowest BCUT2D eigenvalue weighted by molar-refractivity contribution is -0.390. The zero-order valence-corrected chi connectivity index (χ0v) is 21.0. The molecule has 2 aliphatic heterocycles. The van der Waals surface area contributed by atoms with Gasteiger partial charge in [0, 0.05) is 44.3 Å². The van der Waals surface area contributed by atoms with Crippen molar-refractivity contribution in [3.8, 4) is 5.75 Å². The molecule has 2 heterocycles. The van der Waals surface area contributed by atoms with Crippen molar-refractivity contribution in [2.24, 2.45) is 29.6 Å². The molecule has 5 aliphatic carbocycles. The molecule has 0 aromatic heterocycles. The smallest absolute Gasteiger partial charge is 0.210 e. The highest BCUT2D eigenvalue weighted by molar-refractivity contribution is 5.27. The molecule has 192 valence electrons. The highest BCUT2D eigenvalue weighted by Crippen LogP contribution is 2.63. The van der Waals surface area contributed by atoms with E-state index in [1.54, 1.807) is 0 Å². The maximum atomic E-state index is 6.88. The summed E-state index contributed by atoms with van der Waals surface area (Å²) in [6, 6.07) is 8.74. The van der Waals surface area contributed by atoms with Crippen molar-refractivity contribution in [3.05, 3.63) is 29.8 Å². The van der Waals surface area contributed by atoms with Crippen LogP contribution in [0, 0.1) is 29.6 Å². The van der Waals surface area contributed by atoms with Crippen molar-refractivity contribution in [1.82, 2.24) is 4.90 Å². The SMILES string of the molecule is c1cc(OCCN2CCOCC2)ccc1CC1CCC2(CC1)OOC1(O2)C2CC3CC(C2)CC1C3. The Morgan fingerprint density at radius 1 is 0.857 bits per heavy atom. The minimum atomic E-state index is -0.496. The second-order valence-corrected chi connectivity index (χ2v) is 12.3. The molecule has 6 heteroatoms. The first-order chi connectivity index (χ1) is 17.2. The van der Waals surface area contributed by atoms with Gasteiger partial charge in [-0.05, 0) is 86.8 Å². The number of morpholine rings is 1. The molecule has 7 fully saturated rings. The van der Waals surface area contributed by atoms with E-state index in [9.17, 15) is 0 Å². The van der Waals surface area contributed by atoms with Gasteiger partial charge >= 0.3 is 0 Å². The fourth-order valence-corrected chi connectivity index (χ4v) is 8.29. The van der Waals surface area contributed by atoms with Crippen LogP contribution in [0.4, 0.5) is 0 Å². The fourth-order valence-electron chi connectivity index (χ4n) is 8.29. The molecule has 6 nitrogen and oxygen atoms in total. The molecule has 8 rings (SSSR count). The summed E-state index contributed by atoms with van der Waals surface area (Å²) in [5.74, 6) is 3.62. The Hall–Kier alpha value is -1.18. The summed E-state index contributed by atoms with van der Waals surface area (Å²) in [7, 11) is 0. The van der Waals surface area contributed by atoms with Gasteiger partial charge < -0.3 is 14.2 Å². The Morgan fingerprint density at radius 3 is 2.23 bits per heavy atom. The normalized spacial score (nSPS) is 42.8. The molecule has 0 unspecified atom stereocenters. The average molecular weight is 484 g/mol. The molecular formula is C29H41NO5. The zero-order valence-electron chi connectivity index (χ0n) is 21.0. The number of rotatable bonds is 6. The van der Waals surface area contributed by atoms with Gasteiger partial charge in [0.05, 0.1) is 13.2 Å². The molecular weight excluding hydrogens is 442 g/mol. The van der Waals surface area contributed by atoms with Crippen LogP contribution in [0.25, 0.3) is 0 Å². The van der Waals surface area contributed by atoms with Crippen LogP contribution in [0.15, 0.2) is 24.3 Å². The highest BCUT2D eigenvalue weighted by Gasteiger charge is 2.66. The highest BCUT2D eigenvalue weighted by atomic mass is 17.3. The largest absolute Gasteiger partial charge is 0.492 e. The molecule has 35 heavy (non-hydrogen) atoms. The van der Waals surface area contributed by atoms with Gasteiger partial charge in [-0.1, -0.05) is 12.1 Å². The third-order valence-electron chi connectivity index (χ3n) is 10.0. The van der Waals surface area contributed by atoms with Gasteiger partial charge in [-0.3, -0.25) is 4.90 Å². The van der Waals surface area contributed by atoms with Crippen LogP contribution in [0.5, 0.6) is 5.75 Å². The Balaban J connectivity index is 0.891. The van der Waals surface area contributed by atoms with Crippen LogP contribution in [-0.4, -0.2) is 55.9 Å². The summed E-state index contributed by atoms with van der Waals surface area (Å²) in [5.41, 5.74) is 1.40. The summed E-state index contributed by atoms with van der Waals surface area (Å²) in [4.78, 5) is 14.7. The molecule has 0 radical (unpaired) electrons. The predicted octanol–water partition coefficient (Wildman–Crippen LogP) is 4.96. The zero-order chi connectivity index (χ0) is 23.3. The van der Waals surface area contributed by atoms with Crippen molar-refractivity contribution in [2.75, 3.05) is 39.5 Å². The fraction of sp³-hybridized carbons (Fsp3) is 0.793. The molecule has 1 aromatic carbocycles. The molecule has 0 amide bonds. The number of hydrogen-bond donors (Lipinski definition) is 0. The Kier molecular flexibility index (Phi) is 6.10. The third kappa shape index (κ3) is 4.44. The first-order valence-corrected chi connectivity index (χ1v) is 14.3.